The van der Waals surface area contributed by atoms with Gasteiger partial charge < -0.3 is 5.32 Å². The topological polar surface area (TPSA) is 49.4 Å². The van der Waals surface area contributed by atoms with Gasteiger partial charge in [-0.2, -0.15) is 4.31 Å². The molecule has 0 saturated carbocycles. The maximum atomic E-state index is 12.6. The first-order valence-electron chi connectivity index (χ1n) is 7.44. The van der Waals surface area contributed by atoms with E-state index in [1.807, 2.05) is 19.9 Å². The van der Waals surface area contributed by atoms with Gasteiger partial charge in [0, 0.05) is 19.6 Å². The first-order chi connectivity index (χ1) is 10.0. The van der Waals surface area contributed by atoms with Crippen LogP contribution in [0.4, 0.5) is 0 Å². The minimum Gasteiger partial charge on any atom is -0.313 e. The van der Waals surface area contributed by atoms with Crippen LogP contribution >= 0.6 is 0 Å². The third-order valence-corrected chi connectivity index (χ3v) is 5.38. The summed E-state index contributed by atoms with van der Waals surface area (Å²) in [5, 5.41) is 3.26. The number of rotatable bonds is 9. The Morgan fingerprint density at radius 2 is 1.95 bits per heavy atom. The van der Waals surface area contributed by atoms with Crippen molar-refractivity contribution in [1.29, 1.82) is 0 Å². The molecule has 0 amide bonds. The van der Waals surface area contributed by atoms with Gasteiger partial charge in [0.05, 0.1) is 4.90 Å². The van der Waals surface area contributed by atoms with Crippen LogP contribution in [-0.4, -0.2) is 32.4 Å². The van der Waals surface area contributed by atoms with Crippen molar-refractivity contribution < 1.29 is 8.42 Å². The molecule has 0 atom stereocenters. The SMILES string of the molecule is C=CCN(CC)S(=O)(=O)c1ccc(CC)c(CNCC)c1. The fourth-order valence-corrected chi connectivity index (χ4v) is 3.69. The van der Waals surface area contributed by atoms with Gasteiger partial charge in [0.2, 0.25) is 10.0 Å². The molecule has 0 aliphatic rings. The van der Waals surface area contributed by atoms with Gasteiger partial charge in [-0.15, -0.1) is 6.58 Å². The van der Waals surface area contributed by atoms with Crippen LogP contribution < -0.4 is 5.32 Å². The first-order valence-corrected chi connectivity index (χ1v) is 8.88. The van der Waals surface area contributed by atoms with Crippen LogP contribution in [0.1, 0.15) is 31.9 Å². The maximum absolute atomic E-state index is 12.6. The second-order valence-corrected chi connectivity index (χ2v) is 6.75. The normalized spacial score (nSPS) is 11.8. The molecular formula is C16H26N2O2S. The van der Waals surface area contributed by atoms with Gasteiger partial charge in [-0.25, -0.2) is 8.42 Å². The van der Waals surface area contributed by atoms with Gasteiger partial charge in [0.1, 0.15) is 0 Å². The lowest BCUT2D eigenvalue weighted by molar-refractivity contribution is 0.459. The molecule has 1 N–H and O–H groups in total. The molecule has 118 valence electrons. The molecular weight excluding hydrogens is 284 g/mol. The molecule has 1 aromatic rings. The van der Waals surface area contributed by atoms with Crippen molar-refractivity contribution in [3.05, 3.63) is 42.0 Å². The lowest BCUT2D eigenvalue weighted by Crippen LogP contribution is -2.31. The van der Waals surface area contributed by atoms with Crippen LogP contribution in [0.5, 0.6) is 0 Å². The second-order valence-electron chi connectivity index (χ2n) is 4.81. The summed E-state index contributed by atoms with van der Waals surface area (Å²) in [4.78, 5) is 0.358. The summed E-state index contributed by atoms with van der Waals surface area (Å²) in [6.07, 6.45) is 2.51. The van der Waals surface area contributed by atoms with E-state index in [9.17, 15) is 8.42 Å². The quantitative estimate of drug-likeness (QED) is 0.713. The minimum absolute atomic E-state index is 0.330. The fraction of sp³-hybridized carbons (Fsp3) is 0.500. The summed E-state index contributed by atoms with van der Waals surface area (Å²) in [5.41, 5.74) is 2.23. The lowest BCUT2D eigenvalue weighted by Gasteiger charge is -2.20. The van der Waals surface area contributed by atoms with Crippen LogP contribution in [0, 0.1) is 0 Å². The fourth-order valence-electron chi connectivity index (χ4n) is 2.22. The van der Waals surface area contributed by atoms with Crippen molar-refractivity contribution in [3.63, 3.8) is 0 Å². The van der Waals surface area contributed by atoms with Gasteiger partial charge >= 0.3 is 0 Å². The van der Waals surface area contributed by atoms with Gasteiger partial charge in [0.25, 0.3) is 0 Å². The van der Waals surface area contributed by atoms with Crippen molar-refractivity contribution in [2.45, 2.75) is 38.6 Å². The number of nitrogens with zero attached hydrogens (tertiary/aromatic N) is 1. The number of benzene rings is 1. The minimum atomic E-state index is -3.45. The molecule has 0 fully saturated rings. The van der Waals surface area contributed by atoms with Crippen LogP contribution in [0.3, 0.4) is 0 Å². The zero-order valence-corrected chi connectivity index (χ0v) is 14.0. The Morgan fingerprint density at radius 1 is 1.24 bits per heavy atom. The Bertz CT molecular complexity index is 568. The van der Waals surface area contributed by atoms with E-state index in [0.717, 1.165) is 18.5 Å². The molecule has 0 aliphatic carbocycles. The summed E-state index contributed by atoms with van der Waals surface area (Å²) in [5.74, 6) is 0. The Balaban J connectivity index is 3.20. The molecule has 0 spiro atoms. The van der Waals surface area contributed by atoms with Crippen LogP contribution in [0.25, 0.3) is 0 Å². The van der Waals surface area contributed by atoms with Gasteiger partial charge in [-0.3, -0.25) is 0 Å². The highest BCUT2D eigenvalue weighted by atomic mass is 32.2. The average Bonchev–Trinajstić information content (AvgIpc) is 2.49. The molecule has 1 aromatic carbocycles. The first kappa shape index (κ1) is 17.9. The predicted molar refractivity (Wildman–Crippen MR) is 87.8 cm³/mol. The average molecular weight is 310 g/mol. The van der Waals surface area contributed by atoms with E-state index in [2.05, 4.69) is 18.8 Å². The van der Waals surface area contributed by atoms with Crippen LogP contribution in [0.15, 0.2) is 35.7 Å². The van der Waals surface area contributed by atoms with Gasteiger partial charge in [-0.05, 0) is 36.2 Å². The van der Waals surface area contributed by atoms with E-state index in [1.54, 1.807) is 18.2 Å². The Hall–Kier alpha value is -1.17. The molecule has 0 aromatic heterocycles. The van der Waals surface area contributed by atoms with Crippen molar-refractivity contribution in [1.82, 2.24) is 9.62 Å². The van der Waals surface area contributed by atoms with Crippen LogP contribution in [-0.2, 0) is 23.0 Å². The van der Waals surface area contributed by atoms with Gasteiger partial charge in [-0.1, -0.05) is 32.9 Å². The number of sulfonamides is 1. The molecule has 0 aliphatic heterocycles. The summed E-state index contributed by atoms with van der Waals surface area (Å²) in [6, 6.07) is 5.42. The third kappa shape index (κ3) is 4.40. The van der Waals surface area contributed by atoms with E-state index in [1.165, 1.54) is 9.87 Å². The molecule has 1 rings (SSSR count). The lowest BCUT2D eigenvalue weighted by atomic mass is 10.1. The monoisotopic (exact) mass is 310 g/mol. The van der Waals surface area contributed by atoms with Crippen molar-refractivity contribution >= 4 is 10.0 Å². The predicted octanol–water partition coefficient (Wildman–Crippen LogP) is 2.56. The van der Waals surface area contributed by atoms with E-state index in [0.29, 0.717) is 24.5 Å². The van der Waals surface area contributed by atoms with Crippen LogP contribution in [0.2, 0.25) is 0 Å². The van der Waals surface area contributed by atoms with Crippen molar-refractivity contribution in [3.8, 4) is 0 Å². The van der Waals surface area contributed by atoms with E-state index in [-0.39, 0.29) is 0 Å². The van der Waals surface area contributed by atoms with Crippen molar-refractivity contribution in [2.75, 3.05) is 19.6 Å². The van der Waals surface area contributed by atoms with E-state index < -0.39 is 10.0 Å². The molecule has 5 heteroatoms. The molecule has 0 bridgehead atoms. The number of hydrogen-bond donors (Lipinski definition) is 1. The second kappa shape index (κ2) is 8.32. The highest BCUT2D eigenvalue weighted by Gasteiger charge is 2.22. The molecule has 21 heavy (non-hydrogen) atoms. The number of hydrogen-bond acceptors (Lipinski definition) is 3. The maximum Gasteiger partial charge on any atom is 0.243 e. The zero-order chi connectivity index (χ0) is 15.9. The van der Waals surface area contributed by atoms with E-state index in [4.69, 9.17) is 0 Å². The Kier molecular flexibility index (Phi) is 7.08. The summed E-state index contributed by atoms with van der Waals surface area (Å²) < 4.78 is 26.7. The number of nitrogens with one attached hydrogen (secondary N) is 1. The van der Waals surface area contributed by atoms with E-state index >= 15 is 0 Å². The summed E-state index contributed by atoms with van der Waals surface area (Å²) in [6.45, 7) is 11.9. The highest BCUT2D eigenvalue weighted by Crippen LogP contribution is 2.20. The zero-order valence-electron chi connectivity index (χ0n) is 13.2. The Labute approximate surface area is 128 Å². The third-order valence-electron chi connectivity index (χ3n) is 3.45. The number of likely N-dealkylation sites (N-methyl/N-ethyl adjacent to an activating group) is 1. The van der Waals surface area contributed by atoms with Gasteiger partial charge in [0.15, 0.2) is 0 Å². The molecule has 0 radical (unpaired) electrons. The summed E-state index contributed by atoms with van der Waals surface area (Å²) in [7, 11) is -3.45. The molecule has 0 unspecified atom stereocenters. The molecule has 0 saturated heterocycles. The number of aryl methyl sites for hydroxylation is 1. The molecule has 4 nitrogen and oxygen atoms in total. The summed E-state index contributed by atoms with van der Waals surface area (Å²) >= 11 is 0. The standard InChI is InChI=1S/C16H26N2O2S/c1-5-11-18(8-4)21(19,20)16-10-9-14(6-2)15(12-16)13-17-7-3/h5,9-10,12,17H,1,6-8,11,13H2,2-4H3. The molecule has 0 heterocycles. The van der Waals surface area contributed by atoms with Crippen molar-refractivity contribution in [2.24, 2.45) is 0 Å². The smallest absolute Gasteiger partial charge is 0.243 e. The largest absolute Gasteiger partial charge is 0.313 e. The highest BCUT2D eigenvalue weighted by molar-refractivity contribution is 7.89. The Morgan fingerprint density at radius 3 is 2.48 bits per heavy atom.